The second-order valence-electron chi connectivity index (χ2n) is 3.94. The molecule has 1 aromatic heterocycles. The summed E-state index contributed by atoms with van der Waals surface area (Å²) in [5, 5.41) is 12.2. The third kappa shape index (κ3) is 3.00. The summed E-state index contributed by atoms with van der Waals surface area (Å²) in [4.78, 5) is 15.0. The number of hydrogen-bond donors (Lipinski definition) is 2. The molecule has 0 saturated heterocycles. The molecule has 98 valence electrons. The minimum atomic E-state index is -1.14. The van der Waals surface area contributed by atoms with E-state index >= 15 is 0 Å². The van der Waals surface area contributed by atoms with E-state index in [-0.39, 0.29) is 22.2 Å². The number of aromatic nitrogens is 1. The first-order chi connectivity index (χ1) is 8.97. The third-order valence-corrected chi connectivity index (χ3v) is 2.73. The predicted octanol–water partition coefficient (Wildman–Crippen LogP) is 3.62. The SMILES string of the molecule is Cc1cc(F)ccc1Nc1ncc(Cl)cc1C(=O)O. The highest BCUT2D eigenvalue weighted by Gasteiger charge is 2.13. The number of hydrogen-bond acceptors (Lipinski definition) is 3. The molecule has 0 aliphatic heterocycles. The van der Waals surface area contributed by atoms with E-state index in [9.17, 15) is 9.18 Å². The average molecular weight is 281 g/mol. The van der Waals surface area contributed by atoms with Crippen LogP contribution in [0.25, 0.3) is 0 Å². The quantitative estimate of drug-likeness (QED) is 0.901. The van der Waals surface area contributed by atoms with Gasteiger partial charge in [-0.05, 0) is 36.8 Å². The Hall–Kier alpha value is -2.14. The Morgan fingerprint density at radius 3 is 2.79 bits per heavy atom. The standard InChI is InChI=1S/C13H10ClFN2O2/c1-7-4-9(15)2-3-11(7)17-12-10(13(18)19)5-8(14)6-16-12/h2-6H,1H3,(H,16,17)(H,18,19). The van der Waals surface area contributed by atoms with Gasteiger partial charge in [0.05, 0.1) is 5.02 Å². The van der Waals surface area contributed by atoms with Gasteiger partial charge in [0, 0.05) is 11.9 Å². The molecular formula is C13H10ClFN2O2. The summed E-state index contributed by atoms with van der Waals surface area (Å²) in [6, 6.07) is 5.45. The van der Waals surface area contributed by atoms with Crippen LogP contribution in [0.3, 0.4) is 0 Å². The number of carbonyl (C=O) groups is 1. The van der Waals surface area contributed by atoms with E-state index in [4.69, 9.17) is 16.7 Å². The minimum Gasteiger partial charge on any atom is -0.478 e. The zero-order valence-corrected chi connectivity index (χ0v) is 10.7. The van der Waals surface area contributed by atoms with Crippen molar-refractivity contribution in [3.05, 3.63) is 52.4 Å². The molecule has 1 aromatic carbocycles. The topological polar surface area (TPSA) is 62.2 Å². The van der Waals surface area contributed by atoms with Gasteiger partial charge < -0.3 is 10.4 Å². The summed E-state index contributed by atoms with van der Waals surface area (Å²) in [5.74, 6) is -1.34. The monoisotopic (exact) mass is 280 g/mol. The highest BCUT2D eigenvalue weighted by atomic mass is 35.5. The third-order valence-electron chi connectivity index (χ3n) is 2.53. The first-order valence-corrected chi connectivity index (χ1v) is 5.77. The largest absolute Gasteiger partial charge is 0.478 e. The molecule has 0 bridgehead atoms. The van der Waals surface area contributed by atoms with Gasteiger partial charge in [-0.3, -0.25) is 0 Å². The van der Waals surface area contributed by atoms with Crippen molar-refractivity contribution >= 4 is 29.1 Å². The molecule has 2 N–H and O–H groups in total. The van der Waals surface area contributed by atoms with Crippen molar-refractivity contribution in [2.24, 2.45) is 0 Å². The number of anilines is 2. The van der Waals surface area contributed by atoms with Gasteiger partial charge in [0.2, 0.25) is 0 Å². The molecule has 1 heterocycles. The van der Waals surface area contributed by atoms with Gasteiger partial charge in [-0.2, -0.15) is 0 Å². The van der Waals surface area contributed by atoms with E-state index < -0.39 is 5.97 Å². The van der Waals surface area contributed by atoms with Crippen molar-refractivity contribution in [1.82, 2.24) is 4.98 Å². The summed E-state index contributed by atoms with van der Waals surface area (Å²) in [5.41, 5.74) is 1.18. The zero-order chi connectivity index (χ0) is 14.0. The fourth-order valence-corrected chi connectivity index (χ4v) is 1.75. The van der Waals surface area contributed by atoms with Gasteiger partial charge in [0.25, 0.3) is 0 Å². The molecule has 0 unspecified atom stereocenters. The number of carboxylic acid groups (broad SMARTS) is 1. The summed E-state index contributed by atoms with van der Waals surface area (Å²) in [6.07, 6.45) is 1.34. The van der Waals surface area contributed by atoms with E-state index in [1.54, 1.807) is 6.92 Å². The molecule has 0 spiro atoms. The van der Waals surface area contributed by atoms with Crippen LogP contribution in [0.1, 0.15) is 15.9 Å². The van der Waals surface area contributed by atoms with E-state index in [1.807, 2.05) is 0 Å². The molecule has 0 fully saturated rings. The number of rotatable bonds is 3. The van der Waals surface area contributed by atoms with Gasteiger partial charge in [0.1, 0.15) is 17.2 Å². The number of nitrogens with zero attached hydrogens (tertiary/aromatic N) is 1. The fourth-order valence-electron chi connectivity index (χ4n) is 1.60. The molecule has 0 amide bonds. The van der Waals surface area contributed by atoms with Crippen LogP contribution in [-0.4, -0.2) is 16.1 Å². The highest BCUT2D eigenvalue weighted by Crippen LogP contribution is 2.24. The van der Waals surface area contributed by atoms with Crippen molar-refractivity contribution in [2.45, 2.75) is 6.92 Å². The molecule has 0 radical (unpaired) electrons. The number of halogens is 2. The van der Waals surface area contributed by atoms with Crippen molar-refractivity contribution in [2.75, 3.05) is 5.32 Å². The van der Waals surface area contributed by atoms with Crippen LogP contribution in [0.5, 0.6) is 0 Å². The van der Waals surface area contributed by atoms with Crippen molar-refractivity contribution in [1.29, 1.82) is 0 Å². The van der Waals surface area contributed by atoms with E-state index in [0.717, 1.165) is 0 Å². The Balaban J connectivity index is 2.40. The Morgan fingerprint density at radius 2 is 2.16 bits per heavy atom. The lowest BCUT2D eigenvalue weighted by Crippen LogP contribution is -2.05. The van der Waals surface area contributed by atoms with Crippen LogP contribution in [0, 0.1) is 12.7 Å². The Morgan fingerprint density at radius 1 is 1.42 bits per heavy atom. The second-order valence-corrected chi connectivity index (χ2v) is 4.38. The highest BCUT2D eigenvalue weighted by molar-refractivity contribution is 6.30. The zero-order valence-electron chi connectivity index (χ0n) is 9.95. The van der Waals surface area contributed by atoms with Gasteiger partial charge in [0.15, 0.2) is 0 Å². The number of nitrogens with one attached hydrogen (secondary N) is 1. The summed E-state index contributed by atoms with van der Waals surface area (Å²) in [7, 11) is 0. The number of pyridine rings is 1. The lowest BCUT2D eigenvalue weighted by molar-refractivity contribution is 0.0697. The molecular weight excluding hydrogens is 271 g/mol. The minimum absolute atomic E-state index is 0.0452. The van der Waals surface area contributed by atoms with Gasteiger partial charge in [-0.1, -0.05) is 11.6 Å². The van der Waals surface area contributed by atoms with Gasteiger partial charge in [-0.25, -0.2) is 14.2 Å². The maximum absolute atomic E-state index is 13.0. The molecule has 6 heteroatoms. The van der Waals surface area contributed by atoms with E-state index in [0.29, 0.717) is 11.3 Å². The van der Waals surface area contributed by atoms with Crippen LogP contribution in [0.4, 0.5) is 15.9 Å². The number of aryl methyl sites for hydroxylation is 1. The van der Waals surface area contributed by atoms with Gasteiger partial charge in [-0.15, -0.1) is 0 Å². The molecule has 0 aliphatic rings. The molecule has 4 nitrogen and oxygen atoms in total. The van der Waals surface area contributed by atoms with Crippen LogP contribution in [0.15, 0.2) is 30.5 Å². The lowest BCUT2D eigenvalue weighted by atomic mass is 10.2. The first kappa shape index (κ1) is 13.3. The smallest absolute Gasteiger partial charge is 0.339 e. The first-order valence-electron chi connectivity index (χ1n) is 5.39. The molecule has 2 rings (SSSR count). The Bertz CT molecular complexity index is 647. The second kappa shape index (κ2) is 5.24. The fraction of sp³-hybridized carbons (Fsp3) is 0.0769. The number of aromatic carboxylic acids is 1. The van der Waals surface area contributed by atoms with Crippen LogP contribution < -0.4 is 5.32 Å². The molecule has 0 atom stereocenters. The number of carboxylic acids is 1. The molecule has 0 aliphatic carbocycles. The van der Waals surface area contributed by atoms with Crippen molar-refractivity contribution in [3.8, 4) is 0 Å². The van der Waals surface area contributed by atoms with Crippen LogP contribution in [0.2, 0.25) is 5.02 Å². The summed E-state index contributed by atoms with van der Waals surface area (Å²) in [6.45, 7) is 1.71. The van der Waals surface area contributed by atoms with Crippen LogP contribution in [-0.2, 0) is 0 Å². The van der Waals surface area contributed by atoms with Crippen LogP contribution >= 0.6 is 11.6 Å². The van der Waals surface area contributed by atoms with E-state index in [2.05, 4.69) is 10.3 Å². The normalized spacial score (nSPS) is 10.3. The summed E-state index contributed by atoms with van der Waals surface area (Å²) >= 11 is 5.71. The number of benzene rings is 1. The van der Waals surface area contributed by atoms with E-state index in [1.165, 1.54) is 30.5 Å². The van der Waals surface area contributed by atoms with Gasteiger partial charge >= 0.3 is 5.97 Å². The Kier molecular flexibility index (Phi) is 3.66. The maximum atomic E-state index is 13.0. The van der Waals surface area contributed by atoms with Crippen molar-refractivity contribution < 1.29 is 14.3 Å². The average Bonchev–Trinajstić information content (AvgIpc) is 2.34. The molecule has 19 heavy (non-hydrogen) atoms. The maximum Gasteiger partial charge on any atom is 0.339 e. The predicted molar refractivity (Wildman–Crippen MR) is 70.6 cm³/mol. The Labute approximate surface area is 113 Å². The van der Waals surface area contributed by atoms with Crippen molar-refractivity contribution in [3.63, 3.8) is 0 Å². The molecule has 2 aromatic rings. The molecule has 0 saturated carbocycles. The lowest BCUT2D eigenvalue weighted by Gasteiger charge is -2.11. The summed E-state index contributed by atoms with van der Waals surface area (Å²) < 4.78 is 13.0.